The zero-order chi connectivity index (χ0) is 17.6. The summed E-state index contributed by atoms with van der Waals surface area (Å²) in [5.74, 6) is 0.882. The van der Waals surface area contributed by atoms with Crippen molar-refractivity contribution in [2.45, 2.75) is 38.5 Å². The Morgan fingerprint density at radius 1 is 1.00 bits per heavy atom. The molecule has 25 heavy (non-hydrogen) atoms. The van der Waals surface area contributed by atoms with Crippen molar-refractivity contribution < 1.29 is 9.72 Å². The number of nitrogens with zero attached hydrogens (tertiary/aromatic N) is 1. The SMILES string of the molecule is O=C(Nc1cccc([N+](=O)[O-])c1)C1[C@@H]2CC/C=C\CC/C=C/CC[C@@H]12. The van der Waals surface area contributed by atoms with E-state index >= 15 is 0 Å². The number of benzene rings is 1. The van der Waals surface area contributed by atoms with Gasteiger partial charge in [0.2, 0.25) is 5.91 Å². The van der Waals surface area contributed by atoms with E-state index in [1.165, 1.54) is 12.1 Å². The molecule has 0 saturated heterocycles. The van der Waals surface area contributed by atoms with Crippen molar-refractivity contribution in [2.75, 3.05) is 5.32 Å². The summed E-state index contributed by atoms with van der Waals surface area (Å²) in [5.41, 5.74) is 0.497. The first-order valence-corrected chi connectivity index (χ1v) is 9.02. The lowest BCUT2D eigenvalue weighted by molar-refractivity contribution is -0.384. The number of rotatable bonds is 3. The van der Waals surface area contributed by atoms with Gasteiger partial charge in [-0.2, -0.15) is 0 Å². The van der Waals surface area contributed by atoms with Gasteiger partial charge in [-0.25, -0.2) is 0 Å². The number of hydrogen-bond donors (Lipinski definition) is 1. The molecule has 5 heteroatoms. The summed E-state index contributed by atoms with van der Waals surface area (Å²) in [4.78, 5) is 23.1. The molecule has 0 aromatic heterocycles. The number of nitro benzene ring substituents is 1. The number of carbonyl (C=O) groups excluding carboxylic acids is 1. The number of carbonyl (C=O) groups is 1. The molecule has 0 aliphatic heterocycles. The average Bonchev–Trinajstić information content (AvgIpc) is 3.27. The summed E-state index contributed by atoms with van der Waals surface area (Å²) in [6, 6.07) is 6.14. The maximum Gasteiger partial charge on any atom is 0.271 e. The molecule has 1 fully saturated rings. The summed E-state index contributed by atoms with van der Waals surface area (Å²) in [6.07, 6.45) is 15.2. The summed E-state index contributed by atoms with van der Waals surface area (Å²) < 4.78 is 0. The van der Waals surface area contributed by atoms with Gasteiger partial charge in [0, 0.05) is 23.7 Å². The van der Waals surface area contributed by atoms with Crippen molar-refractivity contribution in [3.05, 3.63) is 58.7 Å². The predicted octanol–water partition coefficient (Wildman–Crippen LogP) is 4.86. The van der Waals surface area contributed by atoms with Gasteiger partial charge < -0.3 is 5.32 Å². The number of anilines is 1. The fourth-order valence-corrected chi connectivity index (χ4v) is 3.79. The minimum Gasteiger partial charge on any atom is -0.326 e. The number of allylic oxidation sites excluding steroid dienone is 4. The standard InChI is InChI=1S/C20H24N2O3/c23-20(21-15-10-9-11-16(14-15)22(24)25)19-17-12-7-5-3-1-2-4-6-8-13-18(17)19/h3-6,9-11,14,17-19H,1-2,7-8,12-13H2,(H,21,23)/b5-3-,6-4+/t17-,18-,19?/m1/s1. The first-order chi connectivity index (χ1) is 12.2. The molecule has 0 heterocycles. The van der Waals surface area contributed by atoms with Crippen LogP contribution in [0.5, 0.6) is 0 Å². The number of nitro groups is 1. The smallest absolute Gasteiger partial charge is 0.271 e. The topological polar surface area (TPSA) is 72.2 Å². The molecule has 0 bridgehead atoms. The maximum atomic E-state index is 12.6. The van der Waals surface area contributed by atoms with E-state index in [1.54, 1.807) is 12.1 Å². The third kappa shape index (κ3) is 4.56. The molecule has 5 nitrogen and oxygen atoms in total. The van der Waals surface area contributed by atoms with E-state index < -0.39 is 4.92 Å². The molecule has 3 atom stereocenters. The van der Waals surface area contributed by atoms with Crippen LogP contribution in [0.25, 0.3) is 0 Å². The highest BCUT2D eigenvalue weighted by molar-refractivity contribution is 5.95. The minimum atomic E-state index is -0.446. The highest BCUT2D eigenvalue weighted by atomic mass is 16.6. The van der Waals surface area contributed by atoms with Gasteiger partial charge in [0.05, 0.1) is 4.92 Å². The molecule has 132 valence electrons. The Morgan fingerprint density at radius 3 is 2.20 bits per heavy atom. The zero-order valence-electron chi connectivity index (χ0n) is 14.3. The lowest BCUT2D eigenvalue weighted by Crippen LogP contribution is -2.15. The second-order valence-electron chi connectivity index (χ2n) is 6.83. The van der Waals surface area contributed by atoms with E-state index in [9.17, 15) is 14.9 Å². The van der Waals surface area contributed by atoms with Crippen LogP contribution in [-0.4, -0.2) is 10.8 Å². The fraction of sp³-hybridized carbons (Fsp3) is 0.450. The third-order valence-corrected chi connectivity index (χ3v) is 5.13. The molecule has 1 amide bonds. The summed E-state index contributed by atoms with van der Waals surface area (Å²) in [5, 5.41) is 13.7. The molecule has 1 aromatic carbocycles. The summed E-state index contributed by atoms with van der Waals surface area (Å²) in [6.45, 7) is 0. The zero-order valence-corrected chi connectivity index (χ0v) is 14.3. The second kappa shape index (κ2) is 8.10. The first-order valence-electron chi connectivity index (χ1n) is 9.02. The molecule has 2 aliphatic rings. The molecule has 2 aliphatic carbocycles. The molecular weight excluding hydrogens is 316 g/mol. The molecular formula is C20H24N2O3. The molecule has 1 saturated carbocycles. The van der Waals surface area contributed by atoms with Gasteiger partial charge >= 0.3 is 0 Å². The monoisotopic (exact) mass is 340 g/mol. The van der Waals surface area contributed by atoms with Crippen LogP contribution in [0.3, 0.4) is 0 Å². The van der Waals surface area contributed by atoms with Crippen LogP contribution < -0.4 is 5.32 Å². The Hall–Kier alpha value is -2.43. The van der Waals surface area contributed by atoms with E-state index in [2.05, 4.69) is 29.6 Å². The highest BCUT2D eigenvalue weighted by Gasteiger charge is 2.52. The number of non-ortho nitro benzene ring substituents is 1. The third-order valence-electron chi connectivity index (χ3n) is 5.13. The van der Waals surface area contributed by atoms with Crippen molar-refractivity contribution in [3.8, 4) is 0 Å². The molecule has 0 spiro atoms. The van der Waals surface area contributed by atoms with Gasteiger partial charge in [-0.05, 0) is 56.4 Å². The Morgan fingerprint density at radius 2 is 1.60 bits per heavy atom. The van der Waals surface area contributed by atoms with Crippen LogP contribution in [0, 0.1) is 27.9 Å². The van der Waals surface area contributed by atoms with Crippen molar-refractivity contribution in [1.82, 2.24) is 0 Å². The van der Waals surface area contributed by atoms with Gasteiger partial charge in [-0.3, -0.25) is 14.9 Å². The quantitative estimate of drug-likeness (QED) is 0.485. The van der Waals surface area contributed by atoms with Crippen LogP contribution in [-0.2, 0) is 4.79 Å². The molecule has 0 radical (unpaired) electrons. The molecule has 1 N–H and O–H groups in total. The van der Waals surface area contributed by atoms with Crippen molar-refractivity contribution >= 4 is 17.3 Å². The summed E-state index contributed by atoms with van der Waals surface area (Å²) in [7, 11) is 0. The van der Waals surface area contributed by atoms with Crippen LogP contribution in [0.1, 0.15) is 38.5 Å². The van der Waals surface area contributed by atoms with Crippen molar-refractivity contribution in [1.29, 1.82) is 0 Å². The molecule has 1 unspecified atom stereocenters. The van der Waals surface area contributed by atoms with E-state index in [-0.39, 0.29) is 17.5 Å². The van der Waals surface area contributed by atoms with Gasteiger partial charge in [-0.1, -0.05) is 30.4 Å². The maximum absolute atomic E-state index is 12.6. The average molecular weight is 340 g/mol. The van der Waals surface area contributed by atoms with Gasteiger partial charge in [-0.15, -0.1) is 0 Å². The minimum absolute atomic E-state index is 0.00155. The van der Waals surface area contributed by atoms with E-state index in [0.717, 1.165) is 38.5 Å². The lowest BCUT2D eigenvalue weighted by atomic mass is 10.1. The largest absolute Gasteiger partial charge is 0.326 e. The Bertz CT molecular complexity index is 672. The normalized spacial score (nSPS) is 28.6. The van der Waals surface area contributed by atoms with Crippen LogP contribution in [0.2, 0.25) is 0 Å². The lowest BCUT2D eigenvalue weighted by Gasteiger charge is -2.05. The van der Waals surface area contributed by atoms with Crippen molar-refractivity contribution in [3.63, 3.8) is 0 Å². The Balaban J connectivity index is 1.63. The predicted molar refractivity (Wildman–Crippen MR) is 98.2 cm³/mol. The number of amides is 1. The number of hydrogen-bond acceptors (Lipinski definition) is 3. The Labute approximate surface area is 148 Å². The Kier molecular flexibility index (Phi) is 5.64. The van der Waals surface area contributed by atoms with E-state index in [0.29, 0.717) is 17.5 Å². The van der Waals surface area contributed by atoms with Crippen LogP contribution in [0.15, 0.2) is 48.6 Å². The van der Waals surface area contributed by atoms with Crippen LogP contribution in [0.4, 0.5) is 11.4 Å². The highest BCUT2D eigenvalue weighted by Crippen LogP contribution is 2.52. The van der Waals surface area contributed by atoms with Gasteiger partial charge in [0.1, 0.15) is 0 Å². The number of fused-ring (bicyclic) bond motifs is 1. The second-order valence-corrected chi connectivity index (χ2v) is 6.83. The van der Waals surface area contributed by atoms with Crippen molar-refractivity contribution in [2.24, 2.45) is 17.8 Å². The number of nitrogens with one attached hydrogen (secondary N) is 1. The van der Waals surface area contributed by atoms with E-state index in [4.69, 9.17) is 0 Å². The van der Waals surface area contributed by atoms with Crippen LogP contribution >= 0.6 is 0 Å². The first kappa shape index (κ1) is 17.4. The molecule has 1 aromatic rings. The fourth-order valence-electron chi connectivity index (χ4n) is 3.79. The van der Waals surface area contributed by atoms with Gasteiger partial charge in [0.25, 0.3) is 5.69 Å². The summed E-state index contributed by atoms with van der Waals surface area (Å²) >= 11 is 0. The molecule has 3 rings (SSSR count). The van der Waals surface area contributed by atoms with Gasteiger partial charge in [0.15, 0.2) is 0 Å². The van der Waals surface area contributed by atoms with E-state index in [1.807, 2.05) is 0 Å².